The zero-order valence-corrected chi connectivity index (χ0v) is 36.2. The fraction of sp³-hybridized carbons (Fsp3) is 0.143. The van der Waals surface area contributed by atoms with Gasteiger partial charge in [-0.1, -0.05) is 36.4 Å². The fourth-order valence-electron chi connectivity index (χ4n) is 4.00. The van der Waals surface area contributed by atoms with Crippen molar-refractivity contribution in [3.63, 3.8) is 0 Å². The molecule has 0 aliphatic rings. The molecule has 0 spiro atoms. The molecular formula is C35H36B2Br2Cl2F3N10O2S. The summed E-state index contributed by atoms with van der Waals surface area (Å²) >= 11 is 19.7. The number of aryl methyl sites for hydroxylation is 3. The molecular weight excluding hydrogens is 934 g/mol. The zero-order valence-electron chi connectivity index (χ0n) is 30.7. The van der Waals surface area contributed by atoms with Gasteiger partial charge in [-0.25, -0.2) is 38.1 Å². The third-order valence-corrected chi connectivity index (χ3v) is 7.63. The molecule has 0 aliphatic carbocycles. The number of rotatable bonds is 3. The molecule has 8 N–H and O–H groups in total. The predicted octanol–water partition coefficient (Wildman–Crippen LogP) is 7.74. The molecule has 57 heavy (non-hydrogen) atoms. The Morgan fingerprint density at radius 1 is 0.702 bits per heavy atom. The summed E-state index contributed by atoms with van der Waals surface area (Å²) in [6, 6.07) is 17.6. The molecule has 0 bridgehead atoms. The molecule has 22 heteroatoms. The van der Waals surface area contributed by atoms with Crippen molar-refractivity contribution in [3.8, 4) is 22.5 Å². The molecule has 6 rings (SSSR count). The standard InChI is InChI=1S/C11H9BrFN3.C11H10FN3.C6H6BFO2.C5H6BrN3.C2H4Cl2.BHNS/c1-6-9(16-10(12)11(14)15-6)7-3-2-4-8(13)5-7;1-7-11(14-6-10(13)15-7)8-3-2-4-9(12)5-8;8-6-3-1-2-5(4-6)7(9)10;1-3-5(6)8-2-4(7)9-3;1-2(3)4;1-2-3/h2-5H,1H3,(H2,14,15);2-6H,1H3,(H2,13,15);1-4,9-10H;2H,1H3,(H2,7,9);2H,1H3;3H. The molecule has 0 saturated carbocycles. The van der Waals surface area contributed by atoms with Crippen molar-refractivity contribution in [2.75, 3.05) is 17.2 Å². The summed E-state index contributed by atoms with van der Waals surface area (Å²) < 4.78 is 42.3. The Balaban J connectivity index is 0.000000368. The van der Waals surface area contributed by atoms with E-state index in [-0.39, 0.29) is 21.9 Å². The predicted molar refractivity (Wildman–Crippen MR) is 234 cm³/mol. The van der Waals surface area contributed by atoms with E-state index in [0.29, 0.717) is 56.0 Å². The summed E-state index contributed by atoms with van der Waals surface area (Å²) in [6.45, 7) is 7.12. The second-order valence-corrected chi connectivity index (χ2v) is 14.1. The Hall–Kier alpha value is -4.17. The Morgan fingerprint density at radius 2 is 1.12 bits per heavy atom. The van der Waals surface area contributed by atoms with Crippen molar-refractivity contribution in [3.05, 3.63) is 129 Å². The maximum absolute atomic E-state index is 13.1. The molecule has 0 atom stereocenters. The first-order valence-electron chi connectivity index (χ1n) is 15.9. The summed E-state index contributed by atoms with van der Waals surface area (Å²) in [5, 5.41) is 17.1. The number of hydrogen-bond donors (Lipinski definition) is 6. The van der Waals surface area contributed by atoms with Gasteiger partial charge in [0.05, 0.1) is 40.9 Å². The Labute approximate surface area is 362 Å². The first kappa shape index (κ1) is 50.8. The quantitative estimate of drug-likeness (QED) is 0.0575. The van der Waals surface area contributed by atoms with Crippen molar-refractivity contribution >= 4 is 106 Å². The second-order valence-electron chi connectivity index (χ2n) is 10.8. The Kier molecular flexibility index (Phi) is 23.8. The SMILES string of the molecule is CC(Cl)Cl.Cc1nc(N)c(Br)nc1-c1cccc(F)c1.Cc1nc(N)cnc1-c1cccc(F)c1.Cc1nc(N)cnc1Br.OB(O)c1cccc(F)c1.[B]=NS. The van der Waals surface area contributed by atoms with Crippen molar-refractivity contribution in [1.82, 2.24) is 29.9 Å². The van der Waals surface area contributed by atoms with Crippen molar-refractivity contribution in [1.29, 1.82) is 0 Å². The van der Waals surface area contributed by atoms with E-state index in [2.05, 4.69) is 86.5 Å². The second kappa shape index (κ2) is 26.7. The van der Waals surface area contributed by atoms with Gasteiger partial charge in [-0.3, -0.25) is 4.98 Å². The minimum absolute atomic E-state index is 0.167. The monoisotopic (exact) mass is 967 g/mol. The van der Waals surface area contributed by atoms with Gasteiger partial charge in [0.1, 0.15) is 43.1 Å². The number of aromatic nitrogens is 6. The van der Waals surface area contributed by atoms with Crippen LogP contribution in [-0.4, -0.2) is 59.5 Å². The first-order chi connectivity index (χ1) is 26.8. The van der Waals surface area contributed by atoms with Crippen molar-refractivity contribution in [2.45, 2.75) is 32.5 Å². The average Bonchev–Trinajstić information content (AvgIpc) is 3.12. The number of nitrogens with zero attached hydrogens (tertiary/aromatic N) is 7. The zero-order chi connectivity index (χ0) is 43.2. The van der Waals surface area contributed by atoms with E-state index in [0.717, 1.165) is 16.4 Å². The van der Waals surface area contributed by atoms with Crippen LogP contribution in [0.2, 0.25) is 0 Å². The molecule has 299 valence electrons. The third-order valence-electron chi connectivity index (χ3n) is 6.27. The van der Waals surface area contributed by atoms with Gasteiger partial charge in [0.2, 0.25) is 0 Å². The number of benzene rings is 3. The first-order valence-corrected chi connectivity index (χ1v) is 18.7. The molecule has 1 radical (unpaired) electrons. The van der Waals surface area contributed by atoms with Crippen LogP contribution in [0.1, 0.15) is 24.0 Å². The normalized spacial score (nSPS) is 9.65. The number of hydrogen-bond acceptors (Lipinski definition) is 13. The molecule has 0 unspecified atom stereocenters. The molecule has 0 aliphatic heterocycles. The number of anilines is 3. The number of alkyl halides is 2. The molecule has 3 aromatic heterocycles. The van der Waals surface area contributed by atoms with E-state index < -0.39 is 12.9 Å². The third kappa shape index (κ3) is 20.2. The van der Waals surface area contributed by atoms with Crippen molar-refractivity contribution < 1.29 is 23.2 Å². The van der Waals surface area contributed by atoms with Gasteiger partial charge in [-0.2, -0.15) is 0 Å². The van der Waals surface area contributed by atoms with Gasteiger partial charge >= 0.3 is 31.9 Å². The van der Waals surface area contributed by atoms with E-state index >= 15 is 0 Å². The number of nitrogen functional groups attached to an aromatic ring is 3. The van der Waals surface area contributed by atoms with Crippen LogP contribution in [0.4, 0.5) is 30.6 Å². The maximum atomic E-state index is 13.1. The van der Waals surface area contributed by atoms with Crippen LogP contribution in [0.5, 0.6) is 0 Å². The van der Waals surface area contributed by atoms with E-state index in [4.69, 9.17) is 50.5 Å². The molecule has 3 aromatic carbocycles. The topological polar surface area (TPSA) is 208 Å². The molecule has 0 fully saturated rings. The van der Waals surface area contributed by atoms with Crippen LogP contribution >= 0.6 is 67.9 Å². The molecule has 0 saturated heterocycles. The fourth-order valence-corrected chi connectivity index (χ4v) is 4.45. The van der Waals surface area contributed by atoms with Gasteiger partial charge in [-0.15, -0.1) is 23.2 Å². The van der Waals surface area contributed by atoms with Gasteiger partial charge < -0.3 is 27.2 Å². The van der Waals surface area contributed by atoms with E-state index in [9.17, 15) is 13.2 Å². The number of nitrogens with two attached hydrogens (primary N) is 3. The van der Waals surface area contributed by atoms with Crippen LogP contribution in [0.25, 0.3) is 22.5 Å². The average molecular weight is 970 g/mol. The van der Waals surface area contributed by atoms with Gasteiger partial charge in [-0.05, 0) is 101 Å². The molecule has 12 nitrogen and oxygen atoms in total. The molecule has 6 aromatic rings. The van der Waals surface area contributed by atoms with Crippen LogP contribution in [-0.2, 0) is 0 Å². The van der Waals surface area contributed by atoms with E-state index in [1.165, 1.54) is 54.9 Å². The molecule has 3 heterocycles. The van der Waals surface area contributed by atoms with Gasteiger partial charge in [0.25, 0.3) is 0 Å². The van der Waals surface area contributed by atoms with E-state index in [1.54, 1.807) is 45.0 Å². The van der Waals surface area contributed by atoms with Gasteiger partial charge in [0.15, 0.2) is 5.82 Å². The summed E-state index contributed by atoms with van der Waals surface area (Å²) in [5.74, 6) is 0.101. The molecule has 0 amide bonds. The number of halogens is 7. The number of thiol groups is 1. The summed E-state index contributed by atoms with van der Waals surface area (Å²) in [6.07, 6.45) is 2.98. The van der Waals surface area contributed by atoms with Crippen LogP contribution in [0.3, 0.4) is 0 Å². The summed E-state index contributed by atoms with van der Waals surface area (Å²) in [4.78, 5) is 24.2. The van der Waals surface area contributed by atoms with Crippen molar-refractivity contribution in [2.24, 2.45) is 4.30 Å². The van der Waals surface area contributed by atoms with Gasteiger partial charge in [0, 0.05) is 11.1 Å². The summed E-state index contributed by atoms with van der Waals surface area (Å²) in [5.41, 5.74) is 21.4. The van der Waals surface area contributed by atoms with Crippen LogP contribution in [0, 0.1) is 38.2 Å². The Morgan fingerprint density at radius 3 is 1.53 bits per heavy atom. The van der Waals surface area contributed by atoms with E-state index in [1.807, 2.05) is 6.92 Å². The minimum atomic E-state index is -1.59. The van der Waals surface area contributed by atoms with Crippen LogP contribution < -0.4 is 22.7 Å². The Bertz CT molecular complexity index is 2190. The van der Waals surface area contributed by atoms with Crippen LogP contribution in [0.15, 0.2) is 98.7 Å². The summed E-state index contributed by atoms with van der Waals surface area (Å²) in [7, 11) is 2.75.